The third-order valence-corrected chi connectivity index (χ3v) is 3.71. The van der Waals surface area contributed by atoms with Crippen LogP contribution in [-0.4, -0.2) is 10.7 Å². The standard InChI is InChI=1S/C12H22O/c1-5-12(13)8-11(9(2)3)7-6-10(12)4/h5,9-11,13H,1,6-8H2,2-4H3/t10-,11+,12+/m0/s1. The summed E-state index contributed by atoms with van der Waals surface area (Å²) in [6.45, 7) is 10.4. The van der Waals surface area contributed by atoms with Gasteiger partial charge in [0.05, 0.1) is 5.60 Å². The second-order valence-corrected chi connectivity index (χ2v) is 4.88. The van der Waals surface area contributed by atoms with Crippen molar-refractivity contribution in [2.45, 2.75) is 45.6 Å². The summed E-state index contributed by atoms with van der Waals surface area (Å²) in [5.41, 5.74) is -0.604. The molecule has 0 aromatic rings. The highest BCUT2D eigenvalue weighted by Gasteiger charge is 2.38. The lowest BCUT2D eigenvalue weighted by molar-refractivity contribution is -0.0260. The van der Waals surface area contributed by atoms with Crippen LogP contribution in [-0.2, 0) is 0 Å². The largest absolute Gasteiger partial charge is 0.386 e. The van der Waals surface area contributed by atoms with Crippen molar-refractivity contribution in [2.75, 3.05) is 0 Å². The van der Waals surface area contributed by atoms with Crippen molar-refractivity contribution in [3.05, 3.63) is 12.7 Å². The Morgan fingerprint density at radius 2 is 2.08 bits per heavy atom. The molecule has 0 saturated heterocycles. The smallest absolute Gasteiger partial charge is 0.0853 e. The molecule has 0 radical (unpaired) electrons. The van der Waals surface area contributed by atoms with Crippen LogP contribution in [0.1, 0.15) is 40.0 Å². The van der Waals surface area contributed by atoms with Gasteiger partial charge in [-0.05, 0) is 37.0 Å². The summed E-state index contributed by atoms with van der Waals surface area (Å²) in [6, 6.07) is 0. The van der Waals surface area contributed by atoms with E-state index in [1.54, 1.807) is 6.08 Å². The van der Waals surface area contributed by atoms with Crippen LogP contribution in [0.4, 0.5) is 0 Å². The molecule has 0 unspecified atom stereocenters. The van der Waals surface area contributed by atoms with E-state index in [2.05, 4.69) is 27.4 Å². The molecular weight excluding hydrogens is 160 g/mol. The van der Waals surface area contributed by atoms with E-state index in [0.29, 0.717) is 17.8 Å². The van der Waals surface area contributed by atoms with Gasteiger partial charge in [-0.15, -0.1) is 6.58 Å². The van der Waals surface area contributed by atoms with Crippen molar-refractivity contribution in [1.29, 1.82) is 0 Å². The highest BCUT2D eigenvalue weighted by Crippen LogP contribution is 2.40. The summed E-state index contributed by atoms with van der Waals surface area (Å²) in [5.74, 6) is 1.72. The molecule has 0 spiro atoms. The average Bonchev–Trinajstić information content (AvgIpc) is 2.09. The van der Waals surface area contributed by atoms with Gasteiger partial charge in [-0.2, -0.15) is 0 Å². The quantitative estimate of drug-likeness (QED) is 0.651. The molecule has 0 bridgehead atoms. The van der Waals surface area contributed by atoms with Gasteiger partial charge in [-0.25, -0.2) is 0 Å². The van der Waals surface area contributed by atoms with Gasteiger partial charge in [0, 0.05) is 0 Å². The highest BCUT2D eigenvalue weighted by molar-refractivity contribution is 5.03. The van der Waals surface area contributed by atoms with Gasteiger partial charge in [0.2, 0.25) is 0 Å². The van der Waals surface area contributed by atoms with Crippen LogP contribution in [0.25, 0.3) is 0 Å². The monoisotopic (exact) mass is 182 g/mol. The van der Waals surface area contributed by atoms with Gasteiger partial charge in [0.25, 0.3) is 0 Å². The Hall–Kier alpha value is -0.300. The Morgan fingerprint density at radius 1 is 1.46 bits per heavy atom. The fourth-order valence-corrected chi connectivity index (χ4v) is 2.29. The highest BCUT2D eigenvalue weighted by atomic mass is 16.3. The molecule has 76 valence electrons. The zero-order valence-corrected chi connectivity index (χ0v) is 9.09. The molecule has 1 N–H and O–H groups in total. The van der Waals surface area contributed by atoms with E-state index >= 15 is 0 Å². The summed E-state index contributed by atoms with van der Waals surface area (Å²) < 4.78 is 0. The molecule has 0 aromatic heterocycles. The lowest BCUT2D eigenvalue weighted by Gasteiger charge is -2.41. The first-order chi connectivity index (χ1) is 5.99. The first kappa shape index (κ1) is 10.8. The van der Waals surface area contributed by atoms with E-state index in [1.165, 1.54) is 6.42 Å². The van der Waals surface area contributed by atoms with E-state index < -0.39 is 5.60 Å². The van der Waals surface area contributed by atoms with E-state index in [0.717, 1.165) is 12.8 Å². The fourth-order valence-electron chi connectivity index (χ4n) is 2.29. The van der Waals surface area contributed by atoms with Crippen LogP contribution in [0.3, 0.4) is 0 Å². The molecule has 1 aliphatic carbocycles. The number of rotatable bonds is 2. The van der Waals surface area contributed by atoms with Gasteiger partial charge in [-0.1, -0.05) is 26.8 Å². The predicted octanol–water partition coefficient (Wildman–Crippen LogP) is 3.00. The lowest BCUT2D eigenvalue weighted by atomic mass is 9.68. The van der Waals surface area contributed by atoms with E-state index in [1.807, 2.05) is 0 Å². The first-order valence-corrected chi connectivity index (χ1v) is 5.35. The number of hydrogen-bond donors (Lipinski definition) is 1. The third-order valence-electron chi connectivity index (χ3n) is 3.71. The zero-order valence-electron chi connectivity index (χ0n) is 9.09. The molecule has 1 nitrogen and oxygen atoms in total. The maximum absolute atomic E-state index is 10.2. The Kier molecular flexibility index (Phi) is 3.18. The second-order valence-electron chi connectivity index (χ2n) is 4.88. The Balaban J connectivity index is 2.68. The molecule has 1 fully saturated rings. The summed E-state index contributed by atoms with van der Waals surface area (Å²) in [6.07, 6.45) is 5.03. The van der Waals surface area contributed by atoms with Gasteiger partial charge in [-0.3, -0.25) is 0 Å². The van der Waals surface area contributed by atoms with Crippen molar-refractivity contribution in [3.8, 4) is 0 Å². The van der Waals surface area contributed by atoms with Crippen LogP contribution >= 0.6 is 0 Å². The normalized spacial score (nSPS) is 40.7. The molecule has 0 heterocycles. The first-order valence-electron chi connectivity index (χ1n) is 5.35. The van der Waals surface area contributed by atoms with E-state index in [9.17, 15) is 5.11 Å². The molecule has 1 heteroatoms. The Labute approximate surface area is 81.9 Å². The topological polar surface area (TPSA) is 20.2 Å². The molecule has 1 saturated carbocycles. The molecular formula is C12H22O. The maximum atomic E-state index is 10.2. The molecule has 0 amide bonds. The van der Waals surface area contributed by atoms with Crippen LogP contribution < -0.4 is 0 Å². The minimum atomic E-state index is -0.604. The van der Waals surface area contributed by atoms with Crippen molar-refractivity contribution in [2.24, 2.45) is 17.8 Å². The van der Waals surface area contributed by atoms with Crippen molar-refractivity contribution in [1.82, 2.24) is 0 Å². The minimum Gasteiger partial charge on any atom is -0.386 e. The number of hydrogen-bond acceptors (Lipinski definition) is 1. The van der Waals surface area contributed by atoms with Crippen LogP contribution in [0.5, 0.6) is 0 Å². The Bertz CT molecular complexity index is 186. The molecule has 13 heavy (non-hydrogen) atoms. The summed E-state index contributed by atoms with van der Waals surface area (Å²) in [7, 11) is 0. The summed E-state index contributed by atoms with van der Waals surface area (Å²) in [4.78, 5) is 0. The molecule has 1 rings (SSSR count). The molecule has 1 aliphatic rings. The summed E-state index contributed by atoms with van der Waals surface area (Å²) in [5, 5.41) is 10.2. The van der Waals surface area contributed by atoms with Gasteiger partial charge >= 0.3 is 0 Å². The zero-order chi connectivity index (χ0) is 10.1. The molecule has 0 aliphatic heterocycles. The van der Waals surface area contributed by atoms with Gasteiger partial charge < -0.3 is 5.11 Å². The number of aliphatic hydroxyl groups is 1. The van der Waals surface area contributed by atoms with Gasteiger partial charge in [0.15, 0.2) is 0 Å². The van der Waals surface area contributed by atoms with Crippen LogP contribution in [0, 0.1) is 17.8 Å². The van der Waals surface area contributed by atoms with Crippen molar-refractivity contribution < 1.29 is 5.11 Å². The predicted molar refractivity (Wildman–Crippen MR) is 56.5 cm³/mol. The second kappa shape index (κ2) is 3.83. The SMILES string of the molecule is C=C[C@@]1(O)C[C@H](C(C)C)CC[C@@H]1C. The lowest BCUT2D eigenvalue weighted by Crippen LogP contribution is -2.41. The molecule has 0 aromatic carbocycles. The molecule has 3 atom stereocenters. The average molecular weight is 182 g/mol. The van der Waals surface area contributed by atoms with E-state index in [4.69, 9.17) is 0 Å². The van der Waals surface area contributed by atoms with Crippen LogP contribution in [0.2, 0.25) is 0 Å². The maximum Gasteiger partial charge on any atom is 0.0853 e. The van der Waals surface area contributed by atoms with Gasteiger partial charge in [0.1, 0.15) is 0 Å². The minimum absolute atomic E-state index is 0.375. The third kappa shape index (κ3) is 2.14. The fraction of sp³-hybridized carbons (Fsp3) is 0.833. The Morgan fingerprint density at radius 3 is 2.54 bits per heavy atom. The van der Waals surface area contributed by atoms with E-state index in [-0.39, 0.29) is 0 Å². The summed E-state index contributed by atoms with van der Waals surface area (Å²) >= 11 is 0. The van der Waals surface area contributed by atoms with Crippen molar-refractivity contribution in [3.63, 3.8) is 0 Å². The van der Waals surface area contributed by atoms with Crippen molar-refractivity contribution >= 4 is 0 Å². The van der Waals surface area contributed by atoms with Crippen LogP contribution in [0.15, 0.2) is 12.7 Å².